The average molecular weight is 402 g/mol. The normalized spacial score (nSPS) is 12.5. The molecule has 2 N–H and O–H groups in total. The van der Waals surface area contributed by atoms with Gasteiger partial charge in [-0.15, -0.1) is 0 Å². The van der Waals surface area contributed by atoms with Gasteiger partial charge in [0, 0.05) is 35.9 Å². The third-order valence-electron chi connectivity index (χ3n) is 4.04. The van der Waals surface area contributed by atoms with Crippen molar-refractivity contribution in [3.05, 3.63) is 52.8 Å². The van der Waals surface area contributed by atoms with Crippen molar-refractivity contribution >= 4 is 17.6 Å². The van der Waals surface area contributed by atoms with E-state index in [1.807, 2.05) is 20.8 Å². The molecule has 0 saturated heterocycles. The second-order valence-electron chi connectivity index (χ2n) is 6.59. The molecule has 1 aromatic heterocycles. The Balaban J connectivity index is 2.09. The molecule has 0 radical (unpaired) electrons. The zero-order valence-corrected chi connectivity index (χ0v) is 16.2. The number of guanidine groups is 1. The summed E-state index contributed by atoms with van der Waals surface area (Å²) in [5.41, 5.74) is 0.379. The fourth-order valence-corrected chi connectivity index (χ4v) is 3.00. The van der Waals surface area contributed by atoms with Crippen LogP contribution in [-0.4, -0.2) is 28.6 Å². The van der Waals surface area contributed by atoms with E-state index < -0.39 is 17.8 Å². The van der Waals surface area contributed by atoms with Crippen LogP contribution in [-0.2, 0) is 12.0 Å². The van der Waals surface area contributed by atoms with Crippen LogP contribution in [0.4, 0.5) is 13.2 Å². The van der Waals surface area contributed by atoms with Gasteiger partial charge in [-0.2, -0.15) is 8.78 Å². The number of benzene rings is 1. The first-order chi connectivity index (χ1) is 12.7. The van der Waals surface area contributed by atoms with Crippen LogP contribution in [0.3, 0.4) is 0 Å². The van der Waals surface area contributed by atoms with E-state index >= 15 is 0 Å². The van der Waals surface area contributed by atoms with Gasteiger partial charge in [0.25, 0.3) is 0 Å². The van der Waals surface area contributed by atoms with Crippen LogP contribution in [0.1, 0.15) is 38.7 Å². The number of rotatable bonds is 7. The van der Waals surface area contributed by atoms with Crippen molar-refractivity contribution < 1.29 is 13.2 Å². The molecule has 0 aliphatic rings. The molecule has 0 aliphatic heterocycles. The van der Waals surface area contributed by atoms with Gasteiger partial charge in [-0.25, -0.2) is 14.4 Å². The quantitative estimate of drug-likeness (QED) is 0.542. The molecule has 0 amide bonds. The largest absolute Gasteiger partial charge is 0.357 e. The van der Waals surface area contributed by atoms with E-state index in [-0.39, 0.29) is 12.4 Å². The van der Waals surface area contributed by atoms with Crippen LogP contribution in [0.15, 0.2) is 35.6 Å². The zero-order valence-electron chi connectivity index (χ0n) is 15.4. The summed E-state index contributed by atoms with van der Waals surface area (Å²) in [6, 6.07) is 4.30. The first-order valence-corrected chi connectivity index (χ1v) is 8.90. The molecule has 0 saturated carbocycles. The Morgan fingerprint density at radius 3 is 2.70 bits per heavy atom. The molecule has 1 aromatic carbocycles. The van der Waals surface area contributed by atoms with Gasteiger partial charge in [0.1, 0.15) is 18.2 Å². The van der Waals surface area contributed by atoms with Crippen molar-refractivity contribution in [1.82, 2.24) is 20.2 Å². The molecule has 9 heteroatoms. The molecule has 0 spiro atoms. The number of aromatic nitrogens is 2. The van der Waals surface area contributed by atoms with Crippen molar-refractivity contribution in [3.63, 3.8) is 0 Å². The molecular formula is C18H23ClF3N5. The summed E-state index contributed by atoms with van der Waals surface area (Å²) < 4.78 is 39.8. The topological polar surface area (TPSA) is 54.2 Å². The van der Waals surface area contributed by atoms with Crippen LogP contribution in [0.2, 0.25) is 5.02 Å². The molecule has 0 fully saturated rings. The second-order valence-corrected chi connectivity index (χ2v) is 6.99. The highest BCUT2D eigenvalue weighted by atomic mass is 35.5. The van der Waals surface area contributed by atoms with Crippen LogP contribution < -0.4 is 10.6 Å². The second kappa shape index (κ2) is 9.12. The number of nitrogens with zero attached hydrogens (tertiary/aromatic N) is 3. The number of aliphatic imine (C=N–C) groups is 1. The van der Waals surface area contributed by atoms with Crippen LogP contribution in [0.5, 0.6) is 0 Å². The lowest BCUT2D eigenvalue weighted by atomic mass is 9.84. The molecule has 0 aliphatic carbocycles. The number of hydrogen-bond acceptors (Lipinski definition) is 2. The molecule has 0 unspecified atom stereocenters. The molecular weight excluding hydrogens is 379 g/mol. The van der Waals surface area contributed by atoms with Crippen LogP contribution in [0.25, 0.3) is 0 Å². The predicted octanol–water partition coefficient (Wildman–Crippen LogP) is 4.10. The Bertz CT molecular complexity index is 789. The van der Waals surface area contributed by atoms with Crippen molar-refractivity contribution in [2.45, 2.75) is 39.3 Å². The Morgan fingerprint density at radius 2 is 2.07 bits per heavy atom. The standard InChI is InChI=1S/C18H23ClF3N5/c1-4-23-17(25-10-15-24-7-8-27(15)16(21)22)26-11-18(2,3)13-6-5-12(20)9-14(13)19/h5-9,16H,4,10-11H2,1-3H3,(H2,23,25,26). The number of halogens is 4. The van der Waals surface area contributed by atoms with E-state index in [1.165, 1.54) is 24.5 Å². The van der Waals surface area contributed by atoms with E-state index in [2.05, 4.69) is 20.6 Å². The monoisotopic (exact) mass is 401 g/mol. The zero-order chi connectivity index (χ0) is 20.0. The minimum absolute atomic E-state index is 0.00437. The first kappa shape index (κ1) is 21.1. The summed E-state index contributed by atoms with van der Waals surface area (Å²) in [6.45, 7) is 4.23. The van der Waals surface area contributed by atoms with Crippen molar-refractivity contribution in [1.29, 1.82) is 0 Å². The highest BCUT2D eigenvalue weighted by molar-refractivity contribution is 6.31. The first-order valence-electron chi connectivity index (χ1n) is 8.52. The lowest BCUT2D eigenvalue weighted by Gasteiger charge is -2.27. The molecule has 2 rings (SSSR count). The number of nitrogens with one attached hydrogen (secondary N) is 2. The smallest absolute Gasteiger partial charge is 0.319 e. The van der Waals surface area contributed by atoms with Gasteiger partial charge in [-0.1, -0.05) is 31.5 Å². The Labute approximate surface area is 161 Å². The third kappa shape index (κ3) is 5.63. The SMILES string of the molecule is CCNC(=NCc1nccn1C(F)F)NCC(C)(C)c1ccc(F)cc1Cl. The average Bonchev–Trinajstić information content (AvgIpc) is 3.06. The maximum Gasteiger partial charge on any atom is 0.319 e. The highest BCUT2D eigenvalue weighted by Crippen LogP contribution is 2.29. The fraction of sp³-hybridized carbons (Fsp3) is 0.444. The summed E-state index contributed by atoms with van der Waals surface area (Å²) in [4.78, 5) is 8.23. The van der Waals surface area contributed by atoms with Crippen LogP contribution in [0, 0.1) is 5.82 Å². The third-order valence-corrected chi connectivity index (χ3v) is 4.35. The summed E-state index contributed by atoms with van der Waals surface area (Å²) in [5.74, 6) is 0.243. The van der Waals surface area contributed by atoms with Crippen molar-refractivity contribution in [2.75, 3.05) is 13.1 Å². The van der Waals surface area contributed by atoms with E-state index in [4.69, 9.17) is 11.6 Å². The number of hydrogen-bond donors (Lipinski definition) is 2. The van der Waals surface area contributed by atoms with E-state index in [0.29, 0.717) is 24.1 Å². The van der Waals surface area contributed by atoms with Crippen LogP contribution >= 0.6 is 11.6 Å². The van der Waals surface area contributed by atoms with Gasteiger partial charge in [0.05, 0.1) is 0 Å². The minimum atomic E-state index is -2.66. The molecule has 1 heterocycles. The molecule has 0 atom stereocenters. The van der Waals surface area contributed by atoms with Gasteiger partial charge in [0.15, 0.2) is 5.96 Å². The molecule has 0 bridgehead atoms. The summed E-state index contributed by atoms with van der Waals surface area (Å²) in [5, 5.41) is 6.59. The van der Waals surface area contributed by atoms with E-state index in [9.17, 15) is 13.2 Å². The maximum atomic E-state index is 13.3. The van der Waals surface area contributed by atoms with E-state index in [0.717, 1.165) is 10.1 Å². The molecule has 27 heavy (non-hydrogen) atoms. The Kier molecular flexibility index (Phi) is 7.12. The van der Waals surface area contributed by atoms with Gasteiger partial charge in [0.2, 0.25) is 0 Å². The molecule has 5 nitrogen and oxygen atoms in total. The lowest BCUT2D eigenvalue weighted by molar-refractivity contribution is 0.0671. The summed E-state index contributed by atoms with van der Waals surface area (Å²) in [6.07, 6.45) is 2.53. The van der Waals surface area contributed by atoms with Crippen molar-refractivity contribution in [3.8, 4) is 0 Å². The highest BCUT2D eigenvalue weighted by Gasteiger charge is 2.24. The maximum absolute atomic E-state index is 13.3. The Morgan fingerprint density at radius 1 is 1.33 bits per heavy atom. The summed E-state index contributed by atoms with van der Waals surface area (Å²) >= 11 is 6.17. The minimum Gasteiger partial charge on any atom is -0.357 e. The Hall–Kier alpha value is -2.22. The number of alkyl halides is 2. The van der Waals surface area contributed by atoms with Gasteiger partial charge in [-0.3, -0.25) is 4.57 Å². The van der Waals surface area contributed by atoms with Gasteiger partial charge in [-0.05, 0) is 24.6 Å². The fourth-order valence-electron chi connectivity index (χ4n) is 2.57. The number of imidazole rings is 1. The molecule has 148 valence electrons. The predicted molar refractivity (Wildman–Crippen MR) is 101 cm³/mol. The summed E-state index contributed by atoms with van der Waals surface area (Å²) in [7, 11) is 0. The van der Waals surface area contributed by atoms with E-state index in [1.54, 1.807) is 6.07 Å². The van der Waals surface area contributed by atoms with Crippen molar-refractivity contribution in [2.24, 2.45) is 4.99 Å². The van der Waals surface area contributed by atoms with Gasteiger partial charge >= 0.3 is 6.55 Å². The lowest BCUT2D eigenvalue weighted by Crippen LogP contribution is -2.43. The van der Waals surface area contributed by atoms with Gasteiger partial charge < -0.3 is 10.6 Å². The molecule has 2 aromatic rings.